The summed E-state index contributed by atoms with van der Waals surface area (Å²) < 4.78 is 0. The SMILES string of the molecule is CN(C)c1ccnc(CNC(=O)Nc2cccc(Cl)c2)n1. The first-order valence-electron chi connectivity index (χ1n) is 6.34. The third kappa shape index (κ3) is 4.61. The molecule has 0 saturated carbocycles. The quantitative estimate of drug-likeness (QED) is 0.910. The summed E-state index contributed by atoms with van der Waals surface area (Å²) in [4.78, 5) is 22.1. The van der Waals surface area contributed by atoms with E-state index in [0.29, 0.717) is 16.5 Å². The highest BCUT2D eigenvalue weighted by Gasteiger charge is 2.05. The number of nitrogens with zero attached hydrogens (tertiary/aromatic N) is 3. The van der Waals surface area contributed by atoms with Crippen molar-refractivity contribution < 1.29 is 4.79 Å². The number of halogens is 1. The molecule has 1 aromatic carbocycles. The fraction of sp³-hybridized carbons (Fsp3) is 0.214. The number of hydrogen-bond donors (Lipinski definition) is 2. The third-order valence-electron chi connectivity index (χ3n) is 2.64. The number of rotatable bonds is 4. The molecule has 110 valence electrons. The minimum absolute atomic E-state index is 0.244. The molecule has 6 nitrogen and oxygen atoms in total. The summed E-state index contributed by atoms with van der Waals surface area (Å²) in [7, 11) is 3.79. The lowest BCUT2D eigenvalue weighted by atomic mass is 10.3. The van der Waals surface area contributed by atoms with Gasteiger partial charge in [0.1, 0.15) is 11.6 Å². The van der Waals surface area contributed by atoms with Crippen LogP contribution in [0.5, 0.6) is 0 Å². The number of carbonyl (C=O) groups is 1. The van der Waals surface area contributed by atoms with Crippen LogP contribution in [0.1, 0.15) is 5.82 Å². The van der Waals surface area contributed by atoms with Crippen LogP contribution < -0.4 is 15.5 Å². The van der Waals surface area contributed by atoms with E-state index in [1.807, 2.05) is 19.0 Å². The highest BCUT2D eigenvalue weighted by Crippen LogP contribution is 2.14. The van der Waals surface area contributed by atoms with Crippen LogP contribution in [0.2, 0.25) is 5.02 Å². The van der Waals surface area contributed by atoms with Crippen LogP contribution in [0.25, 0.3) is 0 Å². The van der Waals surface area contributed by atoms with Crippen molar-refractivity contribution in [3.05, 3.63) is 47.4 Å². The summed E-state index contributed by atoms with van der Waals surface area (Å²) in [5.74, 6) is 1.33. The van der Waals surface area contributed by atoms with Crippen molar-refractivity contribution >= 4 is 29.1 Å². The Kier molecular flexibility index (Phi) is 4.94. The molecule has 7 heteroatoms. The number of anilines is 2. The number of amides is 2. The van der Waals surface area contributed by atoms with Crippen molar-refractivity contribution in [2.24, 2.45) is 0 Å². The Morgan fingerprint density at radius 3 is 2.86 bits per heavy atom. The van der Waals surface area contributed by atoms with Gasteiger partial charge in [0, 0.05) is 31.0 Å². The van der Waals surface area contributed by atoms with E-state index >= 15 is 0 Å². The standard InChI is InChI=1S/C14H16ClN5O/c1-20(2)13-6-7-16-12(19-13)9-17-14(21)18-11-5-3-4-10(15)8-11/h3-8H,9H2,1-2H3,(H2,17,18,21). The van der Waals surface area contributed by atoms with Gasteiger partial charge in [-0.05, 0) is 24.3 Å². The Bertz CT molecular complexity index is 632. The van der Waals surface area contributed by atoms with Crippen LogP contribution in [-0.2, 0) is 6.54 Å². The molecular weight excluding hydrogens is 290 g/mol. The number of hydrogen-bond acceptors (Lipinski definition) is 4. The fourth-order valence-electron chi connectivity index (χ4n) is 1.62. The number of aromatic nitrogens is 2. The average Bonchev–Trinajstić information content (AvgIpc) is 2.45. The second-order valence-electron chi connectivity index (χ2n) is 4.54. The average molecular weight is 306 g/mol. The van der Waals surface area contributed by atoms with Crippen molar-refractivity contribution in [2.45, 2.75) is 6.54 Å². The van der Waals surface area contributed by atoms with Crippen LogP contribution in [0.3, 0.4) is 0 Å². The van der Waals surface area contributed by atoms with Gasteiger partial charge in [-0.1, -0.05) is 17.7 Å². The Morgan fingerprint density at radius 2 is 2.14 bits per heavy atom. The molecule has 2 amide bonds. The van der Waals surface area contributed by atoms with E-state index in [9.17, 15) is 4.79 Å². The topological polar surface area (TPSA) is 70.2 Å². The third-order valence-corrected chi connectivity index (χ3v) is 2.87. The normalized spacial score (nSPS) is 10.0. The number of nitrogens with one attached hydrogen (secondary N) is 2. The van der Waals surface area contributed by atoms with E-state index in [1.54, 1.807) is 36.5 Å². The summed E-state index contributed by atoms with van der Waals surface area (Å²) in [6.45, 7) is 0.244. The molecule has 0 atom stereocenters. The molecule has 0 bridgehead atoms. The molecule has 0 saturated heterocycles. The van der Waals surface area contributed by atoms with Gasteiger partial charge in [0.15, 0.2) is 0 Å². The second kappa shape index (κ2) is 6.90. The molecule has 0 aliphatic heterocycles. The maximum absolute atomic E-state index is 11.8. The molecule has 2 N–H and O–H groups in total. The first kappa shape index (κ1) is 15.1. The monoisotopic (exact) mass is 305 g/mol. The zero-order chi connectivity index (χ0) is 15.2. The molecule has 0 aliphatic rings. The highest BCUT2D eigenvalue weighted by molar-refractivity contribution is 6.30. The zero-order valence-corrected chi connectivity index (χ0v) is 12.6. The maximum atomic E-state index is 11.8. The van der Waals surface area contributed by atoms with Gasteiger partial charge in [-0.25, -0.2) is 14.8 Å². The number of urea groups is 1. The molecule has 0 radical (unpaired) electrons. The molecule has 0 fully saturated rings. The lowest BCUT2D eigenvalue weighted by molar-refractivity contribution is 0.251. The molecule has 1 aromatic heterocycles. The minimum Gasteiger partial charge on any atom is -0.363 e. The Hall–Kier alpha value is -2.34. The van der Waals surface area contributed by atoms with Gasteiger partial charge in [0.25, 0.3) is 0 Å². The lowest BCUT2D eigenvalue weighted by Gasteiger charge is -2.12. The van der Waals surface area contributed by atoms with E-state index in [0.717, 1.165) is 5.82 Å². The van der Waals surface area contributed by atoms with Gasteiger partial charge in [-0.3, -0.25) is 0 Å². The minimum atomic E-state index is -0.337. The van der Waals surface area contributed by atoms with Gasteiger partial charge in [0.05, 0.1) is 6.54 Å². The summed E-state index contributed by atoms with van der Waals surface area (Å²) in [6, 6.07) is 8.40. The summed E-state index contributed by atoms with van der Waals surface area (Å²) in [5.41, 5.74) is 0.628. The summed E-state index contributed by atoms with van der Waals surface area (Å²) in [5, 5.41) is 5.95. The van der Waals surface area contributed by atoms with Crippen LogP contribution >= 0.6 is 11.6 Å². The molecule has 0 unspecified atom stereocenters. The van der Waals surface area contributed by atoms with E-state index < -0.39 is 0 Å². The number of benzene rings is 1. The van der Waals surface area contributed by atoms with Crippen molar-refractivity contribution in [1.29, 1.82) is 0 Å². The van der Waals surface area contributed by atoms with Crippen LogP contribution in [-0.4, -0.2) is 30.1 Å². The van der Waals surface area contributed by atoms with Gasteiger partial charge in [0.2, 0.25) is 0 Å². The number of carbonyl (C=O) groups excluding carboxylic acids is 1. The molecule has 2 aromatic rings. The second-order valence-corrected chi connectivity index (χ2v) is 4.98. The molecule has 21 heavy (non-hydrogen) atoms. The van der Waals surface area contributed by atoms with Gasteiger partial charge >= 0.3 is 6.03 Å². The zero-order valence-electron chi connectivity index (χ0n) is 11.8. The Balaban J connectivity index is 1.90. The van der Waals surface area contributed by atoms with Crippen molar-refractivity contribution in [3.8, 4) is 0 Å². The highest BCUT2D eigenvalue weighted by atomic mass is 35.5. The molecule has 2 rings (SSSR count). The Labute approximate surface area is 128 Å². The van der Waals surface area contributed by atoms with Crippen molar-refractivity contribution in [1.82, 2.24) is 15.3 Å². The largest absolute Gasteiger partial charge is 0.363 e. The van der Waals surface area contributed by atoms with E-state index in [4.69, 9.17) is 11.6 Å². The van der Waals surface area contributed by atoms with E-state index in [2.05, 4.69) is 20.6 Å². The lowest BCUT2D eigenvalue weighted by Crippen LogP contribution is -2.29. The maximum Gasteiger partial charge on any atom is 0.319 e. The Morgan fingerprint density at radius 1 is 1.33 bits per heavy atom. The first-order valence-corrected chi connectivity index (χ1v) is 6.72. The molecular formula is C14H16ClN5O. The van der Waals surface area contributed by atoms with Crippen molar-refractivity contribution in [3.63, 3.8) is 0 Å². The fourth-order valence-corrected chi connectivity index (χ4v) is 1.81. The van der Waals surface area contributed by atoms with Crippen molar-refractivity contribution in [2.75, 3.05) is 24.3 Å². The predicted octanol–water partition coefficient (Wildman–Crippen LogP) is 2.52. The van der Waals surface area contributed by atoms with Gasteiger partial charge in [-0.15, -0.1) is 0 Å². The summed E-state index contributed by atoms with van der Waals surface area (Å²) >= 11 is 5.85. The summed E-state index contributed by atoms with van der Waals surface area (Å²) in [6.07, 6.45) is 1.66. The molecule has 1 heterocycles. The van der Waals surface area contributed by atoms with Gasteiger partial charge < -0.3 is 15.5 Å². The smallest absolute Gasteiger partial charge is 0.319 e. The molecule has 0 aliphatic carbocycles. The van der Waals surface area contributed by atoms with Crippen LogP contribution in [0, 0.1) is 0 Å². The van der Waals surface area contributed by atoms with E-state index in [1.165, 1.54) is 0 Å². The molecule has 0 spiro atoms. The van der Waals surface area contributed by atoms with Crippen LogP contribution in [0.4, 0.5) is 16.3 Å². The van der Waals surface area contributed by atoms with Gasteiger partial charge in [-0.2, -0.15) is 0 Å². The predicted molar refractivity (Wildman–Crippen MR) is 83.7 cm³/mol. The van der Waals surface area contributed by atoms with Crippen LogP contribution in [0.15, 0.2) is 36.5 Å². The van der Waals surface area contributed by atoms with E-state index in [-0.39, 0.29) is 12.6 Å². The first-order chi connectivity index (χ1) is 10.0.